The molecule has 1 fully saturated rings. The first kappa shape index (κ1) is 20.2. The Morgan fingerprint density at radius 1 is 1.13 bits per heavy atom. The van der Waals surface area contributed by atoms with E-state index in [2.05, 4.69) is 16.7 Å². The van der Waals surface area contributed by atoms with Crippen molar-refractivity contribution in [2.45, 2.75) is 13.8 Å². The number of likely N-dealkylation sites (N-methyl/N-ethyl adjacent to an activating group) is 1. The molecular formula is C23H27N3O4. The number of piperazine rings is 1. The number of hydrogen-bond acceptors (Lipinski definition) is 7. The molecule has 1 aliphatic heterocycles. The second-order valence-electron chi connectivity index (χ2n) is 7.18. The van der Waals surface area contributed by atoms with Crippen molar-refractivity contribution >= 4 is 22.8 Å². The standard InChI is InChI=1S/C23H27N3O4/c1-3-25-10-12-26(13-11-25)23-22-17(9-14-29-22)15-19(24-23)18-7-5-6-8-20(18)30-16-21(27)28-4-2/h5-9,14-15H,3-4,10-13,16H2,1-2H3. The Balaban J connectivity index is 1.66. The Morgan fingerprint density at radius 2 is 1.93 bits per heavy atom. The van der Waals surface area contributed by atoms with Crippen molar-refractivity contribution in [2.24, 2.45) is 0 Å². The molecule has 0 aliphatic carbocycles. The van der Waals surface area contributed by atoms with E-state index in [1.54, 1.807) is 13.2 Å². The molecule has 0 amide bonds. The average Bonchev–Trinajstić information content (AvgIpc) is 3.26. The molecule has 0 N–H and O–H groups in total. The zero-order valence-corrected chi connectivity index (χ0v) is 17.5. The molecule has 7 heteroatoms. The number of hydrogen-bond donors (Lipinski definition) is 0. The van der Waals surface area contributed by atoms with Crippen LogP contribution >= 0.6 is 0 Å². The van der Waals surface area contributed by atoms with E-state index in [0.717, 1.165) is 60.8 Å². The Hall–Kier alpha value is -3.06. The first-order chi connectivity index (χ1) is 14.7. The summed E-state index contributed by atoms with van der Waals surface area (Å²) in [5, 5.41) is 0.994. The van der Waals surface area contributed by atoms with Gasteiger partial charge in [-0.2, -0.15) is 0 Å². The summed E-state index contributed by atoms with van der Waals surface area (Å²) in [7, 11) is 0. The summed E-state index contributed by atoms with van der Waals surface area (Å²) in [6, 6.07) is 11.6. The molecular weight excluding hydrogens is 382 g/mol. The summed E-state index contributed by atoms with van der Waals surface area (Å²) >= 11 is 0. The first-order valence-corrected chi connectivity index (χ1v) is 10.4. The molecule has 1 aliphatic rings. The van der Waals surface area contributed by atoms with Gasteiger partial charge in [-0.3, -0.25) is 0 Å². The Morgan fingerprint density at radius 3 is 2.70 bits per heavy atom. The number of furan rings is 1. The summed E-state index contributed by atoms with van der Waals surface area (Å²) in [4.78, 5) is 21.4. The molecule has 1 aromatic carbocycles. The second-order valence-corrected chi connectivity index (χ2v) is 7.18. The van der Waals surface area contributed by atoms with Crippen LogP contribution in [-0.4, -0.2) is 61.8 Å². The lowest BCUT2D eigenvalue weighted by Crippen LogP contribution is -2.46. The monoisotopic (exact) mass is 409 g/mol. The van der Waals surface area contributed by atoms with Gasteiger partial charge in [-0.1, -0.05) is 19.1 Å². The van der Waals surface area contributed by atoms with Crippen LogP contribution in [0.1, 0.15) is 13.8 Å². The molecule has 4 rings (SSSR count). The van der Waals surface area contributed by atoms with Gasteiger partial charge in [0.2, 0.25) is 0 Å². The predicted octanol–water partition coefficient (Wildman–Crippen LogP) is 3.58. The van der Waals surface area contributed by atoms with Gasteiger partial charge in [0.05, 0.1) is 18.6 Å². The number of aromatic nitrogens is 1. The second kappa shape index (κ2) is 9.17. The molecule has 3 aromatic rings. The van der Waals surface area contributed by atoms with Crippen LogP contribution in [0.25, 0.3) is 22.2 Å². The highest BCUT2D eigenvalue weighted by Crippen LogP contribution is 2.35. The van der Waals surface area contributed by atoms with E-state index in [-0.39, 0.29) is 12.6 Å². The van der Waals surface area contributed by atoms with Crippen molar-refractivity contribution in [1.82, 2.24) is 9.88 Å². The van der Waals surface area contributed by atoms with Gasteiger partial charge in [-0.25, -0.2) is 9.78 Å². The molecule has 30 heavy (non-hydrogen) atoms. The maximum Gasteiger partial charge on any atom is 0.344 e. The van der Waals surface area contributed by atoms with Crippen LogP contribution in [0.4, 0.5) is 5.82 Å². The highest BCUT2D eigenvalue weighted by molar-refractivity contribution is 5.91. The quantitative estimate of drug-likeness (QED) is 0.553. The normalized spacial score (nSPS) is 14.8. The van der Waals surface area contributed by atoms with Crippen molar-refractivity contribution < 1.29 is 18.7 Å². The number of para-hydroxylation sites is 1. The average molecular weight is 409 g/mol. The molecule has 0 radical (unpaired) electrons. The molecule has 7 nitrogen and oxygen atoms in total. The highest BCUT2D eigenvalue weighted by atomic mass is 16.6. The summed E-state index contributed by atoms with van der Waals surface area (Å²) in [5.74, 6) is 1.06. The lowest BCUT2D eigenvalue weighted by atomic mass is 10.1. The largest absolute Gasteiger partial charge is 0.481 e. The van der Waals surface area contributed by atoms with E-state index in [9.17, 15) is 4.79 Å². The number of ether oxygens (including phenoxy) is 2. The molecule has 158 valence electrons. The van der Waals surface area contributed by atoms with Gasteiger partial charge in [0, 0.05) is 37.1 Å². The maximum absolute atomic E-state index is 11.7. The van der Waals surface area contributed by atoms with Crippen molar-refractivity contribution in [3.05, 3.63) is 42.7 Å². The van der Waals surface area contributed by atoms with Crippen LogP contribution in [0.2, 0.25) is 0 Å². The molecule has 0 atom stereocenters. The number of benzene rings is 1. The molecule has 0 spiro atoms. The fraction of sp³-hybridized carbons (Fsp3) is 0.391. The summed E-state index contributed by atoms with van der Waals surface area (Å²) in [6.07, 6.45) is 1.70. The smallest absolute Gasteiger partial charge is 0.344 e. The topological polar surface area (TPSA) is 68.0 Å². The van der Waals surface area contributed by atoms with Gasteiger partial charge in [0.1, 0.15) is 5.75 Å². The lowest BCUT2D eigenvalue weighted by Gasteiger charge is -2.34. The van der Waals surface area contributed by atoms with Crippen molar-refractivity contribution in [3.63, 3.8) is 0 Å². The predicted molar refractivity (Wildman–Crippen MR) is 116 cm³/mol. The van der Waals surface area contributed by atoms with Crippen LogP contribution in [0.5, 0.6) is 5.75 Å². The number of esters is 1. The molecule has 0 bridgehead atoms. The molecule has 0 saturated carbocycles. The van der Waals surface area contributed by atoms with E-state index in [1.165, 1.54) is 0 Å². The van der Waals surface area contributed by atoms with E-state index < -0.39 is 0 Å². The summed E-state index contributed by atoms with van der Waals surface area (Å²) in [5.41, 5.74) is 2.42. The SMILES string of the molecule is CCOC(=O)COc1ccccc1-c1cc2ccoc2c(N2CCN(CC)CC2)n1. The number of rotatable bonds is 7. The van der Waals surface area contributed by atoms with Gasteiger partial charge in [-0.15, -0.1) is 0 Å². The van der Waals surface area contributed by atoms with Crippen LogP contribution in [0.3, 0.4) is 0 Å². The highest BCUT2D eigenvalue weighted by Gasteiger charge is 2.22. The zero-order valence-electron chi connectivity index (χ0n) is 17.5. The van der Waals surface area contributed by atoms with Gasteiger partial charge >= 0.3 is 5.97 Å². The zero-order chi connectivity index (χ0) is 20.9. The van der Waals surface area contributed by atoms with Crippen molar-refractivity contribution in [1.29, 1.82) is 0 Å². The molecule has 2 aromatic heterocycles. The molecule has 3 heterocycles. The van der Waals surface area contributed by atoms with Gasteiger partial charge in [0.15, 0.2) is 18.0 Å². The Kier molecular flexibility index (Phi) is 6.18. The van der Waals surface area contributed by atoms with Crippen molar-refractivity contribution in [3.8, 4) is 17.0 Å². The number of pyridine rings is 1. The van der Waals surface area contributed by atoms with E-state index in [1.807, 2.05) is 36.4 Å². The van der Waals surface area contributed by atoms with Crippen molar-refractivity contribution in [2.75, 3.05) is 50.8 Å². The third-order valence-corrected chi connectivity index (χ3v) is 5.35. The molecule has 1 saturated heterocycles. The number of fused-ring (bicyclic) bond motifs is 1. The van der Waals surface area contributed by atoms with Crippen LogP contribution in [-0.2, 0) is 9.53 Å². The fourth-order valence-corrected chi connectivity index (χ4v) is 3.73. The summed E-state index contributed by atoms with van der Waals surface area (Å²) in [6.45, 7) is 9.03. The van der Waals surface area contributed by atoms with Gasteiger partial charge in [-0.05, 0) is 37.7 Å². The van der Waals surface area contributed by atoms with Gasteiger partial charge < -0.3 is 23.7 Å². The minimum Gasteiger partial charge on any atom is -0.481 e. The third-order valence-electron chi connectivity index (χ3n) is 5.35. The first-order valence-electron chi connectivity index (χ1n) is 10.4. The van der Waals surface area contributed by atoms with E-state index in [0.29, 0.717) is 12.4 Å². The lowest BCUT2D eigenvalue weighted by molar-refractivity contribution is -0.145. The van der Waals surface area contributed by atoms with Crippen LogP contribution in [0, 0.1) is 0 Å². The maximum atomic E-state index is 11.7. The van der Waals surface area contributed by atoms with E-state index in [4.69, 9.17) is 18.9 Å². The van der Waals surface area contributed by atoms with Crippen LogP contribution in [0.15, 0.2) is 47.1 Å². The Bertz CT molecular complexity index is 1010. The number of anilines is 1. The Labute approximate surface area is 176 Å². The number of nitrogens with zero attached hydrogens (tertiary/aromatic N) is 3. The minimum absolute atomic E-state index is 0.134. The van der Waals surface area contributed by atoms with Crippen LogP contribution < -0.4 is 9.64 Å². The minimum atomic E-state index is -0.389. The third kappa shape index (κ3) is 4.26. The fourth-order valence-electron chi connectivity index (χ4n) is 3.73. The number of carbonyl (C=O) groups excluding carboxylic acids is 1. The number of carbonyl (C=O) groups is 1. The van der Waals surface area contributed by atoms with Gasteiger partial charge in [0.25, 0.3) is 0 Å². The summed E-state index contributed by atoms with van der Waals surface area (Å²) < 4.78 is 16.5. The van der Waals surface area contributed by atoms with E-state index >= 15 is 0 Å². The molecule has 0 unspecified atom stereocenters.